The SMILES string of the molecule is Cc1nc2c(F)cc(-c3nc(Nc4ccc(N5CCC(N6CCNCC6)CC5)cn4)ncc3F)cc2n1C(C)C. The zero-order valence-electron chi connectivity index (χ0n) is 23.2. The molecule has 0 saturated carbocycles. The quantitative estimate of drug-likeness (QED) is 0.360. The van der Waals surface area contributed by atoms with E-state index in [1.54, 1.807) is 6.07 Å². The van der Waals surface area contributed by atoms with E-state index in [0.29, 0.717) is 28.8 Å². The number of halogens is 2. The summed E-state index contributed by atoms with van der Waals surface area (Å²) in [6, 6.07) is 7.63. The van der Waals surface area contributed by atoms with E-state index in [1.165, 1.54) is 6.07 Å². The zero-order valence-corrected chi connectivity index (χ0v) is 23.2. The number of hydrogen-bond acceptors (Lipinski definition) is 8. The van der Waals surface area contributed by atoms with Gasteiger partial charge in [-0.25, -0.2) is 28.7 Å². The molecular formula is C29H35F2N9. The molecule has 2 aliphatic heterocycles. The summed E-state index contributed by atoms with van der Waals surface area (Å²) in [6.45, 7) is 12.3. The first-order valence-corrected chi connectivity index (χ1v) is 14.0. The number of aryl methyl sites for hydroxylation is 1. The van der Waals surface area contributed by atoms with Crippen LogP contribution < -0.4 is 15.5 Å². The van der Waals surface area contributed by atoms with Gasteiger partial charge in [0.15, 0.2) is 11.6 Å². The molecule has 4 aromatic rings. The summed E-state index contributed by atoms with van der Waals surface area (Å²) in [6.07, 6.45) is 5.23. The fourth-order valence-electron chi connectivity index (χ4n) is 5.99. The summed E-state index contributed by atoms with van der Waals surface area (Å²) in [5.74, 6) is 0.278. The van der Waals surface area contributed by atoms with Crippen LogP contribution in [0.2, 0.25) is 0 Å². The van der Waals surface area contributed by atoms with Crippen LogP contribution in [0.15, 0.2) is 36.7 Å². The Hall–Kier alpha value is -3.70. The number of fused-ring (bicyclic) bond motifs is 1. The molecule has 0 aliphatic carbocycles. The number of aromatic nitrogens is 5. The molecule has 0 spiro atoms. The Morgan fingerprint density at radius 2 is 1.73 bits per heavy atom. The molecule has 0 amide bonds. The first kappa shape index (κ1) is 26.5. The number of pyridine rings is 1. The Labute approximate surface area is 232 Å². The van der Waals surface area contributed by atoms with Gasteiger partial charge in [0, 0.05) is 56.9 Å². The Kier molecular flexibility index (Phi) is 7.33. The van der Waals surface area contributed by atoms with Gasteiger partial charge in [0.2, 0.25) is 5.95 Å². The molecular weight excluding hydrogens is 512 g/mol. The van der Waals surface area contributed by atoms with Gasteiger partial charge in [-0.15, -0.1) is 0 Å². The number of rotatable bonds is 6. The van der Waals surface area contributed by atoms with Crippen LogP contribution in [0.25, 0.3) is 22.3 Å². The van der Waals surface area contributed by atoms with Gasteiger partial charge in [-0.2, -0.15) is 0 Å². The van der Waals surface area contributed by atoms with Crippen molar-refractivity contribution in [2.75, 3.05) is 49.5 Å². The van der Waals surface area contributed by atoms with Crippen molar-refractivity contribution >= 4 is 28.5 Å². The molecule has 9 nitrogen and oxygen atoms in total. The average molecular weight is 548 g/mol. The number of anilines is 3. The fourth-order valence-corrected chi connectivity index (χ4v) is 5.99. The summed E-state index contributed by atoms with van der Waals surface area (Å²) in [4.78, 5) is 22.4. The van der Waals surface area contributed by atoms with Crippen molar-refractivity contribution in [1.29, 1.82) is 0 Å². The highest BCUT2D eigenvalue weighted by Crippen LogP contribution is 2.31. The lowest BCUT2D eigenvalue weighted by atomic mass is 10.0. The maximum atomic E-state index is 15.0. The number of benzene rings is 1. The molecule has 0 unspecified atom stereocenters. The third-order valence-corrected chi connectivity index (χ3v) is 7.94. The minimum Gasteiger partial charge on any atom is -0.370 e. The van der Waals surface area contributed by atoms with Crippen LogP contribution >= 0.6 is 0 Å². The second-order valence-corrected chi connectivity index (χ2v) is 10.9. The Balaban J connectivity index is 1.17. The van der Waals surface area contributed by atoms with Gasteiger partial charge in [-0.05, 0) is 57.9 Å². The molecule has 210 valence electrons. The number of hydrogen-bond donors (Lipinski definition) is 2. The average Bonchev–Trinajstić information content (AvgIpc) is 3.31. The topological polar surface area (TPSA) is 87.0 Å². The molecule has 2 saturated heterocycles. The van der Waals surface area contributed by atoms with Crippen molar-refractivity contribution in [3.8, 4) is 11.3 Å². The summed E-state index contributed by atoms with van der Waals surface area (Å²) in [5, 5.41) is 6.49. The highest BCUT2D eigenvalue weighted by atomic mass is 19.1. The lowest BCUT2D eigenvalue weighted by Crippen LogP contribution is -2.52. The number of piperidine rings is 1. The molecule has 1 aromatic carbocycles. The molecule has 2 N–H and O–H groups in total. The molecule has 3 aromatic heterocycles. The van der Waals surface area contributed by atoms with E-state index in [9.17, 15) is 8.78 Å². The summed E-state index contributed by atoms with van der Waals surface area (Å²) < 4.78 is 31.8. The lowest BCUT2D eigenvalue weighted by Gasteiger charge is -2.41. The van der Waals surface area contributed by atoms with E-state index in [2.05, 4.69) is 40.4 Å². The Morgan fingerprint density at radius 1 is 0.950 bits per heavy atom. The molecule has 0 atom stereocenters. The van der Waals surface area contributed by atoms with Crippen LogP contribution in [0.5, 0.6) is 0 Å². The van der Waals surface area contributed by atoms with Gasteiger partial charge in [0.25, 0.3) is 0 Å². The van der Waals surface area contributed by atoms with Gasteiger partial charge in [0.05, 0.1) is 23.6 Å². The first-order chi connectivity index (χ1) is 19.4. The van der Waals surface area contributed by atoms with Crippen molar-refractivity contribution in [1.82, 2.24) is 34.7 Å². The number of nitrogens with zero attached hydrogens (tertiary/aromatic N) is 7. The first-order valence-electron chi connectivity index (χ1n) is 14.0. The number of piperazine rings is 1. The van der Waals surface area contributed by atoms with E-state index < -0.39 is 11.6 Å². The van der Waals surface area contributed by atoms with Crippen molar-refractivity contribution in [2.24, 2.45) is 0 Å². The molecule has 5 heterocycles. The summed E-state index contributed by atoms with van der Waals surface area (Å²) in [7, 11) is 0. The Morgan fingerprint density at radius 3 is 2.42 bits per heavy atom. The monoisotopic (exact) mass is 547 g/mol. The van der Waals surface area contributed by atoms with Crippen molar-refractivity contribution < 1.29 is 8.78 Å². The molecule has 2 fully saturated rings. The van der Waals surface area contributed by atoms with E-state index in [0.717, 1.165) is 64.0 Å². The molecule has 0 radical (unpaired) electrons. The lowest BCUT2D eigenvalue weighted by molar-refractivity contribution is 0.150. The predicted octanol–water partition coefficient (Wildman–Crippen LogP) is 4.67. The third-order valence-electron chi connectivity index (χ3n) is 7.94. The van der Waals surface area contributed by atoms with Gasteiger partial charge in [0.1, 0.15) is 22.9 Å². The van der Waals surface area contributed by atoms with Crippen LogP contribution in [0.1, 0.15) is 38.6 Å². The smallest absolute Gasteiger partial charge is 0.229 e. The third kappa shape index (κ3) is 5.23. The van der Waals surface area contributed by atoms with E-state index in [4.69, 9.17) is 0 Å². The van der Waals surface area contributed by atoms with Crippen molar-refractivity contribution in [3.63, 3.8) is 0 Å². The molecule has 40 heavy (non-hydrogen) atoms. The second-order valence-electron chi connectivity index (χ2n) is 10.9. The molecule has 11 heteroatoms. The highest BCUT2D eigenvalue weighted by molar-refractivity contribution is 5.83. The van der Waals surface area contributed by atoms with Crippen LogP contribution in [0.4, 0.5) is 26.2 Å². The fraction of sp³-hybridized carbons (Fsp3) is 0.448. The van der Waals surface area contributed by atoms with Crippen LogP contribution in [0.3, 0.4) is 0 Å². The number of imidazole rings is 1. The largest absolute Gasteiger partial charge is 0.370 e. The van der Waals surface area contributed by atoms with E-state index in [-0.39, 0.29) is 23.2 Å². The predicted molar refractivity (Wildman–Crippen MR) is 153 cm³/mol. The molecule has 2 aliphatic rings. The summed E-state index contributed by atoms with van der Waals surface area (Å²) >= 11 is 0. The highest BCUT2D eigenvalue weighted by Gasteiger charge is 2.26. The van der Waals surface area contributed by atoms with Gasteiger partial charge < -0.3 is 20.1 Å². The normalized spacial score (nSPS) is 17.2. The van der Waals surface area contributed by atoms with Crippen molar-refractivity contribution in [2.45, 2.75) is 45.7 Å². The van der Waals surface area contributed by atoms with Gasteiger partial charge in [-0.3, -0.25) is 4.90 Å². The number of nitrogens with one attached hydrogen (secondary N) is 2. The van der Waals surface area contributed by atoms with E-state index >= 15 is 0 Å². The van der Waals surface area contributed by atoms with Crippen LogP contribution in [0, 0.1) is 18.6 Å². The maximum absolute atomic E-state index is 15.0. The molecule has 0 bridgehead atoms. The zero-order chi connectivity index (χ0) is 27.8. The second kappa shape index (κ2) is 11.1. The molecule has 6 rings (SSSR count). The minimum atomic E-state index is -0.635. The van der Waals surface area contributed by atoms with E-state index in [1.807, 2.05) is 43.7 Å². The summed E-state index contributed by atoms with van der Waals surface area (Å²) in [5.41, 5.74) is 2.27. The minimum absolute atomic E-state index is 0.0106. The van der Waals surface area contributed by atoms with Crippen LogP contribution in [-0.4, -0.2) is 74.7 Å². The Bertz CT molecular complexity index is 1490. The van der Waals surface area contributed by atoms with Crippen molar-refractivity contribution in [3.05, 3.63) is 54.1 Å². The van der Waals surface area contributed by atoms with Gasteiger partial charge in [-0.1, -0.05) is 0 Å². The maximum Gasteiger partial charge on any atom is 0.229 e. The van der Waals surface area contributed by atoms with Crippen LogP contribution in [-0.2, 0) is 0 Å². The standard InChI is InChI=1S/C29H35F2N9/c1-18(2)40-19(3)35-28-23(30)14-20(15-25(28)40)27-24(31)17-34-29(37-27)36-26-5-4-22(16-33-26)38-10-6-21(7-11-38)39-12-8-32-9-13-39/h4-5,14-18,21,32H,6-13H2,1-3H3,(H,33,34,36,37). The van der Waals surface area contributed by atoms with Gasteiger partial charge >= 0.3 is 0 Å².